The predicted octanol–water partition coefficient (Wildman–Crippen LogP) is 2.40. The Bertz CT molecular complexity index is 241. The molecular formula is C8H14F2N2O2. The van der Waals surface area contributed by atoms with Gasteiger partial charge in [0.05, 0.1) is 0 Å². The van der Waals surface area contributed by atoms with Gasteiger partial charge in [0.1, 0.15) is 18.0 Å². The van der Waals surface area contributed by atoms with Gasteiger partial charge in [0, 0.05) is 0 Å². The van der Waals surface area contributed by atoms with E-state index in [4.69, 9.17) is 0 Å². The van der Waals surface area contributed by atoms with Crippen LogP contribution in [-0.4, -0.2) is 16.9 Å². The number of hydrogen-bond acceptors (Lipinski definition) is 4. The van der Waals surface area contributed by atoms with Crippen LogP contribution in [0.15, 0.2) is 4.63 Å². The van der Waals surface area contributed by atoms with E-state index in [1.165, 1.54) is 0 Å². The minimum absolute atomic E-state index is 0.260. The van der Waals surface area contributed by atoms with E-state index in [1.807, 2.05) is 20.8 Å². The van der Waals surface area contributed by atoms with E-state index in [0.29, 0.717) is 17.8 Å². The summed E-state index contributed by atoms with van der Waals surface area (Å²) < 4.78 is 31.5. The van der Waals surface area contributed by atoms with Crippen LogP contribution in [-0.2, 0) is 17.8 Å². The van der Waals surface area contributed by atoms with Gasteiger partial charge in [-0.05, 0) is 6.42 Å². The van der Waals surface area contributed by atoms with Crippen molar-refractivity contribution in [3.63, 3.8) is 0 Å². The Morgan fingerprint density at radius 2 is 1.86 bits per heavy atom. The van der Waals surface area contributed by atoms with Crippen molar-refractivity contribution in [2.75, 3.05) is 0 Å². The second-order valence-corrected chi connectivity index (χ2v) is 2.08. The number of nitrogens with zero attached hydrogens (tertiary/aromatic N) is 2. The van der Waals surface area contributed by atoms with Crippen LogP contribution < -0.4 is 0 Å². The van der Waals surface area contributed by atoms with E-state index in [0.717, 1.165) is 0 Å². The van der Waals surface area contributed by atoms with Crippen LogP contribution in [0.25, 0.3) is 0 Å². The number of rotatable bonds is 4. The summed E-state index contributed by atoms with van der Waals surface area (Å²) in [5, 5.41) is 6.92. The van der Waals surface area contributed by atoms with Crippen LogP contribution in [0, 0.1) is 0 Å². The third-order valence-corrected chi connectivity index (χ3v) is 1.32. The fraction of sp³-hybridized carbons (Fsp3) is 0.750. The molecule has 1 rings (SSSR count). The highest BCUT2D eigenvalue weighted by atomic mass is 19.3. The summed E-state index contributed by atoms with van der Waals surface area (Å²) in [6, 6.07) is 0. The molecular weight excluding hydrogens is 194 g/mol. The molecule has 0 aromatic carbocycles. The van der Waals surface area contributed by atoms with E-state index in [2.05, 4.69) is 19.7 Å². The molecule has 0 aliphatic heterocycles. The Morgan fingerprint density at radius 3 is 2.36 bits per heavy atom. The zero-order valence-corrected chi connectivity index (χ0v) is 8.46. The first-order chi connectivity index (χ1) is 6.74. The highest BCUT2D eigenvalue weighted by Crippen LogP contribution is 2.07. The molecule has 0 spiro atoms. The van der Waals surface area contributed by atoms with E-state index in [1.54, 1.807) is 0 Å². The molecule has 82 valence electrons. The molecule has 14 heavy (non-hydrogen) atoms. The minimum atomic E-state index is -2.79. The van der Waals surface area contributed by atoms with Crippen LogP contribution in [0.3, 0.4) is 0 Å². The SMILES string of the molecule is CC.CCc1nonc1COC(F)F. The van der Waals surface area contributed by atoms with Gasteiger partial charge in [-0.3, -0.25) is 0 Å². The standard InChI is InChI=1S/C6H8F2N2O2.C2H6/c1-2-4-5(10-12-9-4)3-11-6(7)8;1-2/h6H,2-3H2,1H3;1-2H3. The summed E-state index contributed by atoms with van der Waals surface area (Å²) in [5.74, 6) is 0. The van der Waals surface area contributed by atoms with Crippen LogP contribution >= 0.6 is 0 Å². The maximum atomic E-state index is 11.6. The lowest BCUT2D eigenvalue weighted by Gasteiger charge is -1.98. The third kappa shape index (κ3) is 4.27. The Kier molecular flexibility index (Phi) is 6.82. The first kappa shape index (κ1) is 13.0. The van der Waals surface area contributed by atoms with Gasteiger partial charge < -0.3 is 4.74 Å². The summed E-state index contributed by atoms with van der Waals surface area (Å²) in [7, 11) is 0. The van der Waals surface area contributed by atoms with Crippen LogP contribution in [0.4, 0.5) is 8.78 Å². The zero-order valence-electron chi connectivity index (χ0n) is 8.46. The van der Waals surface area contributed by atoms with Gasteiger partial charge in [-0.1, -0.05) is 31.1 Å². The molecule has 4 nitrogen and oxygen atoms in total. The third-order valence-electron chi connectivity index (χ3n) is 1.32. The Balaban J connectivity index is 0.000000791. The molecule has 0 unspecified atom stereocenters. The van der Waals surface area contributed by atoms with Gasteiger partial charge in [-0.15, -0.1) is 0 Å². The summed E-state index contributed by atoms with van der Waals surface area (Å²) in [6.45, 7) is 2.78. The minimum Gasteiger partial charge on any atom is -0.316 e. The highest BCUT2D eigenvalue weighted by molar-refractivity contribution is 5.05. The molecule has 0 saturated carbocycles. The number of halogens is 2. The van der Waals surface area contributed by atoms with E-state index >= 15 is 0 Å². The van der Waals surface area contributed by atoms with Crippen LogP contribution in [0.2, 0.25) is 0 Å². The van der Waals surface area contributed by atoms with Crippen LogP contribution in [0.1, 0.15) is 32.2 Å². The molecule has 0 aliphatic rings. The molecule has 0 aliphatic carbocycles. The van der Waals surface area contributed by atoms with Crippen molar-refractivity contribution in [2.24, 2.45) is 0 Å². The summed E-state index contributed by atoms with van der Waals surface area (Å²) in [4.78, 5) is 0. The molecule has 0 saturated heterocycles. The lowest BCUT2D eigenvalue weighted by molar-refractivity contribution is -0.138. The highest BCUT2D eigenvalue weighted by Gasteiger charge is 2.10. The van der Waals surface area contributed by atoms with E-state index in [9.17, 15) is 8.78 Å². The average Bonchev–Trinajstić information content (AvgIpc) is 2.65. The van der Waals surface area contributed by atoms with Gasteiger partial charge in [-0.2, -0.15) is 8.78 Å². The summed E-state index contributed by atoms with van der Waals surface area (Å²) in [6.07, 6.45) is 0.589. The molecule has 1 aromatic rings. The quantitative estimate of drug-likeness (QED) is 0.762. The Hall–Kier alpha value is -1.04. The molecule has 0 atom stereocenters. The van der Waals surface area contributed by atoms with Crippen molar-refractivity contribution >= 4 is 0 Å². The largest absolute Gasteiger partial charge is 0.345 e. The van der Waals surface area contributed by atoms with Gasteiger partial charge in [0.2, 0.25) is 0 Å². The van der Waals surface area contributed by atoms with Crippen molar-refractivity contribution in [1.82, 2.24) is 10.3 Å². The molecule has 1 heterocycles. The average molecular weight is 208 g/mol. The zero-order chi connectivity index (χ0) is 11.0. The number of aromatic nitrogens is 2. The lowest BCUT2D eigenvalue weighted by Crippen LogP contribution is -2.01. The van der Waals surface area contributed by atoms with Crippen molar-refractivity contribution < 1.29 is 18.1 Å². The number of aryl methyl sites for hydroxylation is 1. The lowest BCUT2D eigenvalue weighted by atomic mass is 10.3. The molecule has 6 heteroatoms. The molecule has 0 N–H and O–H groups in total. The Labute approximate surface area is 81.2 Å². The van der Waals surface area contributed by atoms with Gasteiger partial charge >= 0.3 is 6.61 Å². The predicted molar refractivity (Wildman–Crippen MR) is 45.8 cm³/mol. The van der Waals surface area contributed by atoms with Gasteiger partial charge in [0.15, 0.2) is 0 Å². The van der Waals surface area contributed by atoms with Crippen molar-refractivity contribution in [3.05, 3.63) is 11.4 Å². The number of ether oxygens (including phenoxy) is 1. The first-order valence-electron chi connectivity index (χ1n) is 4.44. The Morgan fingerprint density at radius 1 is 1.29 bits per heavy atom. The first-order valence-corrected chi connectivity index (χ1v) is 4.44. The fourth-order valence-electron chi connectivity index (χ4n) is 0.745. The van der Waals surface area contributed by atoms with E-state index in [-0.39, 0.29) is 6.61 Å². The maximum absolute atomic E-state index is 11.6. The number of alkyl halides is 2. The van der Waals surface area contributed by atoms with Crippen molar-refractivity contribution in [2.45, 2.75) is 40.4 Å². The van der Waals surface area contributed by atoms with Crippen LogP contribution in [0.5, 0.6) is 0 Å². The molecule has 0 amide bonds. The second kappa shape index (κ2) is 7.37. The van der Waals surface area contributed by atoms with E-state index < -0.39 is 6.61 Å². The smallest absolute Gasteiger partial charge is 0.316 e. The van der Waals surface area contributed by atoms with Crippen molar-refractivity contribution in [3.8, 4) is 0 Å². The molecule has 1 aromatic heterocycles. The van der Waals surface area contributed by atoms with Crippen molar-refractivity contribution in [1.29, 1.82) is 0 Å². The summed E-state index contributed by atoms with van der Waals surface area (Å²) in [5.41, 5.74) is 0.883. The maximum Gasteiger partial charge on any atom is 0.345 e. The fourth-order valence-corrected chi connectivity index (χ4v) is 0.745. The number of hydrogen-bond donors (Lipinski definition) is 0. The molecule has 0 bridgehead atoms. The normalized spacial score (nSPS) is 9.86. The molecule has 0 radical (unpaired) electrons. The monoisotopic (exact) mass is 208 g/mol. The molecule has 0 fully saturated rings. The topological polar surface area (TPSA) is 48.2 Å². The summed E-state index contributed by atoms with van der Waals surface area (Å²) >= 11 is 0. The van der Waals surface area contributed by atoms with Gasteiger partial charge in [-0.25, -0.2) is 4.63 Å². The van der Waals surface area contributed by atoms with Gasteiger partial charge in [0.25, 0.3) is 0 Å². The second-order valence-electron chi connectivity index (χ2n) is 2.08.